The largest absolute Gasteiger partial charge is 0.462 e. The van der Waals surface area contributed by atoms with Crippen molar-refractivity contribution in [2.24, 2.45) is 0 Å². The number of carbonyl (C=O) groups is 3. The normalized spacial score (nSPS) is 14.8. The number of carbonyl (C=O) groups excluding carboxylic acids is 3. The van der Waals surface area contributed by atoms with Crippen molar-refractivity contribution in [3.05, 3.63) is 24.3 Å². The molecule has 1 atom stereocenters. The number of hydrogen-bond donors (Lipinski definition) is 1. The topological polar surface area (TPSA) is 94.2 Å². The fourth-order valence-corrected chi connectivity index (χ4v) is 6.65. The zero-order chi connectivity index (χ0) is 37.3. The highest BCUT2D eigenvalue weighted by molar-refractivity contribution is 5.70. The summed E-state index contributed by atoms with van der Waals surface area (Å²) in [6, 6.07) is 0. The molecule has 0 bridgehead atoms. The molecular weight excluding hydrogens is 640 g/mol. The molecule has 0 aromatic heterocycles. The summed E-state index contributed by atoms with van der Waals surface area (Å²) in [6.45, 7) is 7.65. The highest BCUT2D eigenvalue weighted by Crippen LogP contribution is 2.18. The number of alkyl carbamates (subject to hydrolysis) is 1. The van der Waals surface area contributed by atoms with Crippen LogP contribution in [0.2, 0.25) is 0 Å². The molecule has 0 saturated carbocycles. The van der Waals surface area contributed by atoms with Crippen molar-refractivity contribution in [2.45, 2.75) is 199 Å². The van der Waals surface area contributed by atoms with Gasteiger partial charge in [-0.05, 0) is 58.9 Å². The number of hydrogen-bond acceptors (Lipinski definition) is 7. The van der Waals surface area contributed by atoms with Crippen LogP contribution < -0.4 is 5.32 Å². The molecule has 0 spiro atoms. The van der Waals surface area contributed by atoms with Crippen molar-refractivity contribution >= 4 is 18.0 Å². The summed E-state index contributed by atoms with van der Waals surface area (Å²) in [4.78, 5) is 39.7. The molecule has 8 nitrogen and oxygen atoms in total. The molecule has 0 radical (unpaired) electrons. The molecule has 1 fully saturated rings. The zero-order valence-corrected chi connectivity index (χ0v) is 33.5. The second-order valence-corrected chi connectivity index (χ2v) is 15.2. The van der Waals surface area contributed by atoms with Crippen molar-refractivity contribution in [1.82, 2.24) is 10.2 Å². The molecule has 1 amide bonds. The Morgan fingerprint density at radius 2 is 1.00 bits per heavy atom. The van der Waals surface area contributed by atoms with Crippen LogP contribution in [-0.4, -0.2) is 67.9 Å². The Kier molecular flexibility index (Phi) is 29.6. The van der Waals surface area contributed by atoms with E-state index in [1.54, 1.807) is 0 Å². The fourth-order valence-electron chi connectivity index (χ4n) is 6.65. The van der Waals surface area contributed by atoms with E-state index in [0.29, 0.717) is 12.8 Å². The van der Waals surface area contributed by atoms with Gasteiger partial charge >= 0.3 is 18.0 Å². The monoisotopic (exact) mass is 719 g/mol. The molecule has 1 heterocycles. The molecule has 8 heteroatoms. The number of rotatable bonds is 34. The van der Waals surface area contributed by atoms with Crippen molar-refractivity contribution in [2.75, 3.05) is 33.4 Å². The highest BCUT2D eigenvalue weighted by atomic mass is 16.6. The van der Waals surface area contributed by atoms with Crippen LogP contribution in [-0.2, 0) is 23.8 Å². The van der Waals surface area contributed by atoms with Crippen molar-refractivity contribution in [1.29, 1.82) is 0 Å². The van der Waals surface area contributed by atoms with Crippen molar-refractivity contribution < 1.29 is 28.6 Å². The molecule has 296 valence electrons. The smallest absolute Gasteiger partial charge is 0.408 e. The summed E-state index contributed by atoms with van der Waals surface area (Å²) in [7, 11) is 1.99. The van der Waals surface area contributed by atoms with Gasteiger partial charge in [0, 0.05) is 25.9 Å². The Morgan fingerprint density at radius 3 is 1.45 bits per heavy atom. The first-order valence-corrected chi connectivity index (χ1v) is 21.1. The third kappa shape index (κ3) is 28.9. The SMILES string of the molecule is CCCCC/C=C\C/C=C\CCCCCCCC(=O)OCC(COC(=O)CCCCCCCCCCCCCCC)OC(=O)NC1(C)CN(C)C1. The molecular formula is C43H78N2O6. The van der Waals surface area contributed by atoms with Gasteiger partial charge in [0.15, 0.2) is 6.10 Å². The summed E-state index contributed by atoms with van der Waals surface area (Å²) in [6.07, 6.45) is 36.8. The van der Waals surface area contributed by atoms with E-state index in [4.69, 9.17) is 14.2 Å². The van der Waals surface area contributed by atoms with Crippen LogP contribution in [0.15, 0.2) is 24.3 Å². The lowest BCUT2D eigenvalue weighted by atomic mass is 9.93. The van der Waals surface area contributed by atoms with Gasteiger partial charge in [-0.25, -0.2) is 4.79 Å². The number of likely N-dealkylation sites (tertiary alicyclic amines) is 1. The van der Waals surface area contributed by atoms with Gasteiger partial charge in [0.1, 0.15) is 13.2 Å². The zero-order valence-electron chi connectivity index (χ0n) is 33.5. The van der Waals surface area contributed by atoms with Crippen LogP contribution in [0, 0.1) is 0 Å². The molecule has 1 N–H and O–H groups in total. The molecule has 1 unspecified atom stereocenters. The van der Waals surface area contributed by atoms with Crippen LogP contribution in [0.4, 0.5) is 4.79 Å². The van der Waals surface area contributed by atoms with Gasteiger partial charge in [-0.15, -0.1) is 0 Å². The molecule has 0 aliphatic carbocycles. The number of amides is 1. The molecule has 51 heavy (non-hydrogen) atoms. The molecule has 1 rings (SSSR count). The predicted molar refractivity (Wildman–Crippen MR) is 211 cm³/mol. The minimum Gasteiger partial charge on any atom is -0.462 e. The molecule has 1 aliphatic heterocycles. The molecule has 1 saturated heterocycles. The van der Waals surface area contributed by atoms with Gasteiger partial charge < -0.3 is 24.4 Å². The van der Waals surface area contributed by atoms with Crippen LogP contribution >= 0.6 is 0 Å². The third-order valence-corrected chi connectivity index (χ3v) is 9.59. The van der Waals surface area contributed by atoms with Crippen LogP contribution in [0.25, 0.3) is 0 Å². The van der Waals surface area contributed by atoms with Crippen LogP contribution in [0.1, 0.15) is 188 Å². The van der Waals surface area contributed by atoms with E-state index < -0.39 is 12.2 Å². The summed E-state index contributed by atoms with van der Waals surface area (Å²) in [5.74, 6) is -0.628. The number of nitrogens with one attached hydrogen (secondary N) is 1. The van der Waals surface area contributed by atoms with E-state index in [2.05, 4.69) is 48.4 Å². The average molecular weight is 719 g/mol. The van der Waals surface area contributed by atoms with E-state index >= 15 is 0 Å². The second-order valence-electron chi connectivity index (χ2n) is 15.2. The van der Waals surface area contributed by atoms with Gasteiger partial charge in [0.25, 0.3) is 0 Å². The molecule has 1 aliphatic rings. The standard InChI is InChI=1S/C43H78N2O6/c1-5-7-9-11-13-15-17-19-20-22-24-26-28-30-32-34-41(47)50-36-39(51-42(48)44-43(3)37-45(4)38-43)35-49-40(46)33-31-29-27-25-23-21-18-16-14-12-10-8-6-2/h13,15,19-20,39H,5-12,14,16-18,21-38H2,1-4H3,(H,44,48)/b15-13-,20-19-. The maximum Gasteiger partial charge on any atom is 0.408 e. The Labute approximate surface area is 313 Å². The maximum absolute atomic E-state index is 12.7. The Bertz CT molecular complexity index is 929. The summed E-state index contributed by atoms with van der Waals surface area (Å²) >= 11 is 0. The lowest BCUT2D eigenvalue weighted by Gasteiger charge is -2.46. The number of ether oxygens (including phenoxy) is 3. The van der Waals surface area contributed by atoms with E-state index in [1.165, 1.54) is 89.9 Å². The molecule has 0 aromatic rings. The average Bonchev–Trinajstić information content (AvgIpc) is 3.09. The Balaban J connectivity index is 2.23. The predicted octanol–water partition coefficient (Wildman–Crippen LogP) is 11.2. The first kappa shape index (κ1) is 46.7. The number of esters is 2. The number of nitrogens with zero attached hydrogens (tertiary/aromatic N) is 1. The fraction of sp³-hybridized carbons (Fsp3) is 0.837. The lowest BCUT2D eigenvalue weighted by molar-refractivity contribution is -0.152. The van der Waals surface area contributed by atoms with Gasteiger partial charge in [-0.1, -0.05) is 147 Å². The Morgan fingerprint density at radius 1 is 0.608 bits per heavy atom. The second kappa shape index (κ2) is 32.3. The van der Waals surface area contributed by atoms with Gasteiger partial charge in [-0.2, -0.15) is 0 Å². The highest BCUT2D eigenvalue weighted by Gasteiger charge is 2.38. The van der Waals surface area contributed by atoms with Gasteiger partial charge in [0.2, 0.25) is 0 Å². The van der Waals surface area contributed by atoms with Gasteiger partial charge in [0.05, 0.1) is 5.54 Å². The first-order chi connectivity index (χ1) is 24.8. The van der Waals surface area contributed by atoms with Crippen LogP contribution in [0.5, 0.6) is 0 Å². The number of likely N-dealkylation sites (N-methyl/N-ethyl adjacent to an activating group) is 1. The minimum atomic E-state index is -0.851. The van der Waals surface area contributed by atoms with E-state index in [0.717, 1.165) is 77.3 Å². The van der Waals surface area contributed by atoms with Crippen molar-refractivity contribution in [3.63, 3.8) is 0 Å². The first-order valence-electron chi connectivity index (χ1n) is 21.1. The summed E-state index contributed by atoms with van der Waals surface area (Å²) < 4.78 is 16.5. The van der Waals surface area contributed by atoms with E-state index in [-0.39, 0.29) is 30.7 Å². The third-order valence-electron chi connectivity index (χ3n) is 9.59. The molecule has 0 aromatic carbocycles. The minimum absolute atomic E-state index is 0.127. The quantitative estimate of drug-likeness (QED) is 0.0306. The maximum atomic E-state index is 12.7. The van der Waals surface area contributed by atoms with Crippen LogP contribution in [0.3, 0.4) is 0 Å². The Hall–Kier alpha value is -2.35. The van der Waals surface area contributed by atoms with E-state index in [9.17, 15) is 14.4 Å². The number of unbranched alkanes of at least 4 members (excludes halogenated alkanes) is 20. The van der Waals surface area contributed by atoms with E-state index in [1.807, 2.05) is 14.0 Å². The summed E-state index contributed by atoms with van der Waals surface area (Å²) in [5, 5.41) is 2.90. The lowest BCUT2D eigenvalue weighted by Crippen LogP contribution is -2.67. The van der Waals surface area contributed by atoms with Crippen molar-refractivity contribution in [3.8, 4) is 0 Å². The van der Waals surface area contributed by atoms with Gasteiger partial charge in [-0.3, -0.25) is 9.59 Å². The summed E-state index contributed by atoms with van der Waals surface area (Å²) in [5.41, 5.74) is -0.362. The number of allylic oxidation sites excluding steroid dienone is 4.